The molecular weight excluding hydrogens is 352 g/mol. The molecule has 5 heteroatoms. The van der Waals surface area contributed by atoms with Gasteiger partial charge in [-0.25, -0.2) is 4.98 Å². The summed E-state index contributed by atoms with van der Waals surface area (Å²) in [7, 11) is 0. The summed E-state index contributed by atoms with van der Waals surface area (Å²) in [6, 6.07) is 17.9. The molecule has 0 radical (unpaired) electrons. The number of aromatic amines is 2. The zero-order valence-corrected chi connectivity index (χ0v) is 16.1. The highest BCUT2D eigenvalue weighted by atomic mass is 32.2. The molecule has 2 aromatic heterocycles. The van der Waals surface area contributed by atoms with Crippen molar-refractivity contribution in [2.24, 2.45) is 0 Å². The molecule has 2 aromatic carbocycles. The predicted octanol–water partition coefficient (Wildman–Crippen LogP) is 4.76. The molecule has 0 bridgehead atoms. The standard InChI is InChI=1S/C22H22N4S/c1-27-16-8-6-15(7-9-16)22-21-18(17-4-2-3-5-19(17)25-21)10-13-26(22)14-20-23-11-12-24-20/h2-9,11-12,22,25H,10,13-14H2,1H3,(H,23,24). The van der Waals surface area contributed by atoms with Gasteiger partial charge in [0.1, 0.15) is 5.82 Å². The number of aromatic nitrogens is 3. The molecule has 4 aromatic rings. The molecule has 3 heterocycles. The van der Waals surface area contributed by atoms with Crippen LogP contribution in [0.4, 0.5) is 0 Å². The van der Waals surface area contributed by atoms with Crippen LogP contribution in [0.15, 0.2) is 65.8 Å². The zero-order chi connectivity index (χ0) is 18.2. The van der Waals surface area contributed by atoms with Gasteiger partial charge in [-0.3, -0.25) is 4.90 Å². The van der Waals surface area contributed by atoms with Crippen LogP contribution in [-0.2, 0) is 13.0 Å². The number of fused-ring (bicyclic) bond motifs is 3. The van der Waals surface area contributed by atoms with Crippen molar-refractivity contribution < 1.29 is 0 Å². The van der Waals surface area contributed by atoms with Crippen LogP contribution in [-0.4, -0.2) is 32.7 Å². The van der Waals surface area contributed by atoms with Crippen molar-refractivity contribution in [3.8, 4) is 0 Å². The number of imidazole rings is 1. The molecule has 5 rings (SSSR count). The second-order valence-electron chi connectivity index (χ2n) is 6.99. The van der Waals surface area contributed by atoms with Gasteiger partial charge in [-0.15, -0.1) is 11.8 Å². The van der Waals surface area contributed by atoms with Crippen molar-refractivity contribution in [2.75, 3.05) is 12.8 Å². The van der Waals surface area contributed by atoms with Crippen LogP contribution in [0, 0.1) is 0 Å². The lowest BCUT2D eigenvalue weighted by Gasteiger charge is -2.35. The Morgan fingerprint density at radius 1 is 1.15 bits per heavy atom. The molecule has 0 aliphatic carbocycles. The number of thioether (sulfide) groups is 1. The quantitative estimate of drug-likeness (QED) is 0.506. The van der Waals surface area contributed by atoms with E-state index in [9.17, 15) is 0 Å². The first kappa shape index (κ1) is 16.7. The van der Waals surface area contributed by atoms with Crippen molar-refractivity contribution >= 4 is 22.7 Å². The minimum absolute atomic E-state index is 0.210. The van der Waals surface area contributed by atoms with Crippen LogP contribution in [0.3, 0.4) is 0 Å². The van der Waals surface area contributed by atoms with Gasteiger partial charge in [0, 0.05) is 40.4 Å². The maximum atomic E-state index is 4.45. The van der Waals surface area contributed by atoms with E-state index in [0.29, 0.717) is 0 Å². The maximum absolute atomic E-state index is 4.45. The first-order valence-corrected chi connectivity index (χ1v) is 10.5. The molecule has 27 heavy (non-hydrogen) atoms. The summed E-state index contributed by atoms with van der Waals surface area (Å²) >= 11 is 1.78. The fourth-order valence-electron chi connectivity index (χ4n) is 4.20. The van der Waals surface area contributed by atoms with Crippen LogP contribution in [0.25, 0.3) is 10.9 Å². The van der Waals surface area contributed by atoms with Gasteiger partial charge in [0.05, 0.1) is 12.6 Å². The molecule has 4 nitrogen and oxygen atoms in total. The topological polar surface area (TPSA) is 47.7 Å². The summed E-state index contributed by atoms with van der Waals surface area (Å²) < 4.78 is 0. The van der Waals surface area contributed by atoms with Gasteiger partial charge in [0.2, 0.25) is 0 Å². The smallest absolute Gasteiger partial charge is 0.120 e. The van der Waals surface area contributed by atoms with E-state index in [1.807, 2.05) is 12.4 Å². The number of hydrogen-bond acceptors (Lipinski definition) is 3. The summed E-state index contributed by atoms with van der Waals surface area (Å²) in [5, 5.41) is 1.36. The minimum atomic E-state index is 0.210. The first-order valence-electron chi connectivity index (χ1n) is 9.29. The highest BCUT2D eigenvalue weighted by Gasteiger charge is 2.31. The Hall–Kier alpha value is -2.50. The second-order valence-corrected chi connectivity index (χ2v) is 7.87. The zero-order valence-electron chi connectivity index (χ0n) is 15.3. The number of hydrogen-bond donors (Lipinski definition) is 2. The largest absolute Gasteiger partial charge is 0.357 e. The molecule has 0 fully saturated rings. The Kier molecular flexibility index (Phi) is 4.26. The van der Waals surface area contributed by atoms with E-state index in [-0.39, 0.29) is 6.04 Å². The monoisotopic (exact) mass is 374 g/mol. The average Bonchev–Trinajstić information content (AvgIpc) is 3.35. The molecule has 1 aliphatic rings. The highest BCUT2D eigenvalue weighted by Crippen LogP contribution is 2.39. The lowest BCUT2D eigenvalue weighted by molar-refractivity contribution is 0.197. The Labute approximate surface area is 163 Å². The molecule has 136 valence electrons. The van der Waals surface area contributed by atoms with Crippen LogP contribution in [0.5, 0.6) is 0 Å². The Bertz CT molecular complexity index is 1050. The minimum Gasteiger partial charge on any atom is -0.357 e. The summed E-state index contributed by atoms with van der Waals surface area (Å²) in [6.07, 6.45) is 6.90. The van der Waals surface area contributed by atoms with Gasteiger partial charge in [0.25, 0.3) is 0 Å². The van der Waals surface area contributed by atoms with Gasteiger partial charge >= 0.3 is 0 Å². The van der Waals surface area contributed by atoms with Crippen molar-refractivity contribution in [2.45, 2.75) is 23.9 Å². The average molecular weight is 375 g/mol. The second kappa shape index (κ2) is 6.91. The van der Waals surface area contributed by atoms with Crippen molar-refractivity contribution in [3.63, 3.8) is 0 Å². The normalized spacial score (nSPS) is 17.3. The Morgan fingerprint density at radius 2 is 2.00 bits per heavy atom. The molecule has 0 saturated heterocycles. The van der Waals surface area contributed by atoms with Gasteiger partial charge in [-0.1, -0.05) is 30.3 Å². The van der Waals surface area contributed by atoms with E-state index in [1.165, 1.54) is 32.6 Å². The molecular formula is C22H22N4S. The molecule has 1 aliphatic heterocycles. The van der Waals surface area contributed by atoms with Crippen molar-refractivity contribution in [1.29, 1.82) is 0 Å². The van der Waals surface area contributed by atoms with Crippen LogP contribution < -0.4 is 0 Å². The third-order valence-electron chi connectivity index (χ3n) is 5.47. The van der Waals surface area contributed by atoms with Crippen molar-refractivity contribution in [1.82, 2.24) is 19.9 Å². The van der Waals surface area contributed by atoms with Gasteiger partial charge in [-0.05, 0) is 42.0 Å². The van der Waals surface area contributed by atoms with E-state index >= 15 is 0 Å². The Morgan fingerprint density at radius 3 is 2.78 bits per heavy atom. The number of rotatable bonds is 4. The van der Waals surface area contributed by atoms with E-state index in [0.717, 1.165) is 25.3 Å². The molecule has 1 atom stereocenters. The lowest BCUT2D eigenvalue weighted by atomic mass is 9.92. The fourth-order valence-corrected chi connectivity index (χ4v) is 4.61. The predicted molar refractivity (Wildman–Crippen MR) is 111 cm³/mol. The van der Waals surface area contributed by atoms with Gasteiger partial charge in [0.15, 0.2) is 0 Å². The number of H-pyrrole nitrogens is 2. The fraction of sp³-hybridized carbons (Fsp3) is 0.227. The van der Waals surface area contributed by atoms with Crippen LogP contribution in [0.1, 0.15) is 28.7 Å². The van der Waals surface area contributed by atoms with E-state index in [4.69, 9.17) is 0 Å². The van der Waals surface area contributed by atoms with E-state index < -0.39 is 0 Å². The lowest BCUT2D eigenvalue weighted by Crippen LogP contribution is -2.36. The van der Waals surface area contributed by atoms with Gasteiger partial charge in [-0.2, -0.15) is 0 Å². The van der Waals surface area contributed by atoms with E-state index in [2.05, 4.69) is 74.6 Å². The molecule has 2 N–H and O–H groups in total. The van der Waals surface area contributed by atoms with Crippen LogP contribution in [0.2, 0.25) is 0 Å². The van der Waals surface area contributed by atoms with Crippen molar-refractivity contribution in [3.05, 3.63) is 83.6 Å². The van der Waals surface area contributed by atoms with E-state index in [1.54, 1.807) is 11.8 Å². The number of nitrogens with one attached hydrogen (secondary N) is 2. The molecule has 0 amide bonds. The van der Waals surface area contributed by atoms with Crippen LogP contribution >= 0.6 is 11.8 Å². The maximum Gasteiger partial charge on any atom is 0.120 e. The number of benzene rings is 2. The summed E-state index contributed by atoms with van der Waals surface area (Å²) in [5.41, 5.74) is 5.34. The molecule has 1 unspecified atom stereocenters. The highest BCUT2D eigenvalue weighted by molar-refractivity contribution is 7.98. The first-order chi connectivity index (χ1) is 13.3. The SMILES string of the molecule is CSc1ccc(C2c3[nH]c4ccccc4c3CCN2Cc2ncc[nH]2)cc1. The summed E-state index contributed by atoms with van der Waals surface area (Å²) in [6.45, 7) is 1.83. The third-order valence-corrected chi connectivity index (χ3v) is 6.22. The number of para-hydroxylation sites is 1. The summed E-state index contributed by atoms with van der Waals surface area (Å²) in [4.78, 5) is 15.3. The molecule has 0 saturated carbocycles. The molecule has 0 spiro atoms. The number of nitrogens with zero attached hydrogens (tertiary/aromatic N) is 2. The third kappa shape index (κ3) is 2.97. The summed E-state index contributed by atoms with van der Waals surface area (Å²) in [5.74, 6) is 1.01. The Balaban J connectivity index is 1.62. The van der Waals surface area contributed by atoms with Gasteiger partial charge < -0.3 is 9.97 Å².